The number of nitro benzene ring substituents is 1. The molecule has 112 valence electrons. The van der Waals surface area contributed by atoms with Crippen molar-refractivity contribution in [3.05, 3.63) is 33.1 Å². The fourth-order valence-corrected chi connectivity index (χ4v) is 2.27. The molecule has 6 heteroatoms. The Morgan fingerprint density at radius 3 is 2.60 bits per heavy atom. The first-order valence-corrected chi connectivity index (χ1v) is 7.27. The van der Waals surface area contributed by atoms with Crippen LogP contribution in [-0.4, -0.2) is 11.0 Å². The third-order valence-corrected chi connectivity index (χ3v) is 3.43. The minimum atomic E-state index is -0.774. The van der Waals surface area contributed by atoms with Gasteiger partial charge in [-0.2, -0.15) is 0 Å². The van der Waals surface area contributed by atoms with Crippen LogP contribution in [0.25, 0.3) is 0 Å². The Labute approximate surface area is 123 Å². The van der Waals surface area contributed by atoms with Crippen molar-refractivity contribution < 1.29 is 9.31 Å². The van der Waals surface area contributed by atoms with Crippen molar-refractivity contribution >= 4 is 23.0 Å². The van der Waals surface area contributed by atoms with Gasteiger partial charge in [0.25, 0.3) is 5.69 Å². The molecule has 0 aromatic heterocycles. The summed E-state index contributed by atoms with van der Waals surface area (Å²) in [4.78, 5) is 10.4. The van der Waals surface area contributed by atoms with Crippen molar-refractivity contribution in [3.8, 4) is 0 Å². The maximum Gasteiger partial charge on any atom is 0.295 e. The highest BCUT2D eigenvalue weighted by molar-refractivity contribution is 6.31. The van der Waals surface area contributed by atoms with Crippen LogP contribution in [0.15, 0.2) is 12.1 Å². The summed E-state index contributed by atoms with van der Waals surface area (Å²) < 4.78 is 13.3. The average molecular weight is 303 g/mol. The number of benzene rings is 1. The summed E-state index contributed by atoms with van der Waals surface area (Å²) in [6.45, 7) is 4.16. The Balaban J connectivity index is 2.98. The first kappa shape index (κ1) is 16.7. The van der Waals surface area contributed by atoms with Crippen molar-refractivity contribution in [1.29, 1.82) is 0 Å². The van der Waals surface area contributed by atoms with Gasteiger partial charge in [-0.3, -0.25) is 10.1 Å². The Hall–Kier alpha value is -1.36. The maximum absolute atomic E-state index is 13.3. The molecule has 0 spiro atoms. The van der Waals surface area contributed by atoms with E-state index >= 15 is 0 Å². The van der Waals surface area contributed by atoms with Gasteiger partial charge >= 0.3 is 0 Å². The van der Waals surface area contributed by atoms with Crippen molar-refractivity contribution in [3.63, 3.8) is 0 Å². The smallest absolute Gasteiger partial charge is 0.295 e. The lowest BCUT2D eigenvalue weighted by atomic mass is 10.0. The summed E-state index contributed by atoms with van der Waals surface area (Å²) in [7, 11) is 0. The fraction of sp³-hybridized carbons (Fsp3) is 0.571. The molecule has 0 saturated carbocycles. The van der Waals surface area contributed by atoms with Crippen molar-refractivity contribution in [1.82, 2.24) is 0 Å². The molecule has 20 heavy (non-hydrogen) atoms. The van der Waals surface area contributed by atoms with Crippen LogP contribution in [0.4, 0.5) is 15.8 Å². The van der Waals surface area contributed by atoms with E-state index < -0.39 is 10.7 Å². The number of anilines is 1. The van der Waals surface area contributed by atoms with E-state index in [-0.39, 0.29) is 22.4 Å². The molecule has 0 aliphatic rings. The Bertz CT molecular complexity index is 469. The molecule has 4 nitrogen and oxygen atoms in total. The molecule has 0 fully saturated rings. The molecule has 0 amide bonds. The summed E-state index contributed by atoms with van der Waals surface area (Å²) in [5.74, 6) is -0.774. The first-order valence-electron chi connectivity index (χ1n) is 6.89. The van der Waals surface area contributed by atoms with Gasteiger partial charge < -0.3 is 5.32 Å². The van der Waals surface area contributed by atoms with Crippen LogP contribution < -0.4 is 5.32 Å². The molecule has 1 rings (SSSR count). The number of hydrogen-bond donors (Lipinski definition) is 1. The van der Waals surface area contributed by atoms with Gasteiger partial charge in [0, 0.05) is 6.04 Å². The normalized spacial score (nSPS) is 12.2. The predicted molar refractivity (Wildman–Crippen MR) is 79.9 cm³/mol. The van der Waals surface area contributed by atoms with Crippen LogP contribution in [-0.2, 0) is 0 Å². The monoisotopic (exact) mass is 302 g/mol. The van der Waals surface area contributed by atoms with Crippen LogP contribution in [0, 0.1) is 15.9 Å². The minimum Gasteiger partial charge on any atom is -0.377 e. The highest BCUT2D eigenvalue weighted by Gasteiger charge is 2.20. The molecule has 0 aliphatic heterocycles. The molecular formula is C14H20ClFN2O2. The summed E-state index contributed by atoms with van der Waals surface area (Å²) in [6, 6.07) is 2.30. The number of hydrogen-bond acceptors (Lipinski definition) is 3. The Morgan fingerprint density at radius 1 is 1.35 bits per heavy atom. The third kappa shape index (κ3) is 4.63. The summed E-state index contributed by atoms with van der Waals surface area (Å²) in [6.07, 6.45) is 4.92. The number of nitro groups is 1. The second-order valence-electron chi connectivity index (χ2n) is 4.81. The third-order valence-electron chi connectivity index (χ3n) is 3.14. The quantitative estimate of drug-likeness (QED) is 0.533. The predicted octanol–water partition coefficient (Wildman–Crippen LogP) is 5.16. The van der Waals surface area contributed by atoms with Gasteiger partial charge in [-0.1, -0.05) is 44.7 Å². The van der Waals surface area contributed by atoms with Crippen molar-refractivity contribution in [2.45, 2.75) is 52.0 Å². The SMILES string of the molecule is CCCCC(CCC)Nc1cc(Cl)c(F)cc1[N+](=O)[O-]. The maximum atomic E-state index is 13.3. The van der Waals surface area contributed by atoms with Gasteiger partial charge in [-0.25, -0.2) is 4.39 Å². The molecule has 0 aliphatic carbocycles. The van der Waals surface area contributed by atoms with Crippen LogP contribution in [0.5, 0.6) is 0 Å². The molecule has 0 radical (unpaired) electrons. The number of rotatable bonds is 8. The molecule has 1 aromatic carbocycles. The largest absolute Gasteiger partial charge is 0.377 e. The number of halogens is 2. The summed E-state index contributed by atoms with van der Waals surface area (Å²) in [5.41, 5.74) is 0.0143. The molecule has 1 N–H and O–H groups in total. The second-order valence-corrected chi connectivity index (χ2v) is 5.22. The van der Waals surface area contributed by atoms with Gasteiger partial charge in [0.1, 0.15) is 11.5 Å². The molecule has 1 aromatic rings. The molecule has 0 heterocycles. The average Bonchev–Trinajstić information content (AvgIpc) is 2.39. The van der Waals surface area contributed by atoms with E-state index in [2.05, 4.69) is 19.2 Å². The van der Waals surface area contributed by atoms with Crippen molar-refractivity contribution in [2.24, 2.45) is 0 Å². The van der Waals surface area contributed by atoms with Crippen LogP contribution in [0.2, 0.25) is 5.02 Å². The van der Waals surface area contributed by atoms with E-state index in [1.165, 1.54) is 6.07 Å². The summed E-state index contributed by atoms with van der Waals surface area (Å²) in [5, 5.41) is 14.0. The second kappa shape index (κ2) is 8.04. The van der Waals surface area contributed by atoms with Crippen molar-refractivity contribution in [2.75, 3.05) is 5.32 Å². The Morgan fingerprint density at radius 2 is 2.05 bits per heavy atom. The fourth-order valence-electron chi connectivity index (χ4n) is 2.11. The lowest BCUT2D eigenvalue weighted by molar-refractivity contribution is -0.384. The molecule has 1 atom stereocenters. The molecule has 0 bridgehead atoms. The molecular weight excluding hydrogens is 283 g/mol. The zero-order valence-corrected chi connectivity index (χ0v) is 12.5. The van der Waals surface area contributed by atoms with E-state index in [0.717, 1.165) is 38.2 Å². The van der Waals surface area contributed by atoms with E-state index in [4.69, 9.17) is 11.6 Å². The van der Waals surface area contributed by atoms with Gasteiger partial charge in [-0.15, -0.1) is 0 Å². The molecule has 0 saturated heterocycles. The van der Waals surface area contributed by atoms with Gasteiger partial charge in [0.15, 0.2) is 0 Å². The van der Waals surface area contributed by atoms with Gasteiger partial charge in [0.05, 0.1) is 16.0 Å². The first-order chi connectivity index (χ1) is 9.49. The van der Waals surface area contributed by atoms with E-state index in [1.54, 1.807) is 0 Å². The standard InChI is InChI=1S/C14H20ClFN2O2/c1-3-5-7-10(6-4-2)17-13-8-11(15)12(16)9-14(13)18(19)20/h8-10,17H,3-7H2,1-2H3. The molecule has 1 unspecified atom stereocenters. The van der Waals surface area contributed by atoms with Crippen LogP contribution in [0.1, 0.15) is 46.0 Å². The lowest BCUT2D eigenvalue weighted by Crippen LogP contribution is -2.20. The number of nitrogens with one attached hydrogen (secondary N) is 1. The number of unbranched alkanes of at least 4 members (excludes halogenated alkanes) is 1. The topological polar surface area (TPSA) is 55.2 Å². The van der Waals surface area contributed by atoms with E-state index in [1.807, 2.05) is 0 Å². The highest BCUT2D eigenvalue weighted by Crippen LogP contribution is 2.31. The van der Waals surface area contributed by atoms with Crippen LogP contribution >= 0.6 is 11.6 Å². The zero-order chi connectivity index (χ0) is 15.1. The van der Waals surface area contributed by atoms with Gasteiger partial charge in [-0.05, 0) is 18.9 Å². The Kier molecular flexibility index (Phi) is 6.71. The highest BCUT2D eigenvalue weighted by atomic mass is 35.5. The van der Waals surface area contributed by atoms with E-state index in [9.17, 15) is 14.5 Å². The summed E-state index contributed by atoms with van der Waals surface area (Å²) >= 11 is 5.72. The number of nitrogens with zero attached hydrogens (tertiary/aromatic N) is 1. The lowest BCUT2D eigenvalue weighted by Gasteiger charge is -2.19. The zero-order valence-electron chi connectivity index (χ0n) is 11.8. The van der Waals surface area contributed by atoms with Crippen LogP contribution in [0.3, 0.4) is 0 Å². The van der Waals surface area contributed by atoms with Gasteiger partial charge in [0.2, 0.25) is 0 Å². The minimum absolute atomic E-state index is 0.108. The van der Waals surface area contributed by atoms with E-state index in [0.29, 0.717) is 0 Å².